The molecule has 9 heteroatoms. The fraction of sp³-hybridized carbons (Fsp3) is 0.440. The Labute approximate surface area is 202 Å². The first-order valence-electron chi connectivity index (χ1n) is 11.2. The average molecular weight is 488 g/mol. The van der Waals surface area contributed by atoms with Gasteiger partial charge in [0.05, 0.1) is 19.5 Å². The Kier molecular flexibility index (Phi) is 6.84. The number of imide groups is 1. The van der Waals surface area contributed by atoms with E-state index in [2.05, 4.69) is 12.2 Å². The summed E-state index contributed by atoms with van der Waals surface area (Å²) in [5, 5.41) is 12.1. The zero-order valence-electron chi connectivity index (χ0n) is 19.7. The van der Waals surface area contributed by atoms with Gasteiger partial charge in [0.15, 0.2) is 11.5 Å². The Morgan fingerprint density at radius 3 is 2.47 bits per heavy atom. The molecule has 1 saturated heterocycles. The van der Waals surface area contributed by atoms with Gasteiger partial charge in [-0.25, -0.2) is 0 Å². The number of hydrogen-bond donors (Lipinski definition) is 2. The molecular formula is C25H29NO7S. The predicted molar refractivity (Wildman–Crippen MR) is 128 cm³/mol. The van der Waals surface area contributed by atoms with Crippen LogP contribution in [0.4, 0.5) is 4.79 Å². The zero-order valence-corrected chi connectivity index (χ0v) is 20.5. The van der Waals surface area contributed by atoms with Crippen molar-refractivity contribution in [1.82, 2.24) is 5.32 Å². The van der Waals surface area contributed by atoms with Crippen molar-refractivity contribution in [3.05, 3.63) is 41.0 Å². The Hall–Kier alpha value is -3.07. The van der Waals surface area contributed by atoms with Gasteiger partial charge in [0, 0.05) is 11.1 Å². The molecule has 0 spiro atoms. The van der Waals surface area contributed by atoms with E-state index in [-0.39, 0.29) is 22.6 Å². The van der Waals surface area contributed by atoms with Crippen LogP contribution in [0.25, 0.3) is 0 Å². The number of benzene rings is 2. The van der Waals surface area contributed by atoms with Crippen LogP contribution in [0.2, 0.25) is 0 Å². The predicted octanol–water partition coefficient (Wildman–Crippen LogP) is 4.16. The van der Waals surface area contributed by atoms with E-state index in [4.69, 9.17) is 18.9 Å². The summed E-state index contributed by atoms with van der Waals surface area (Å²) >= 11 is 1.02. The Morgan fingerprint density at radius 2 is 1.88 bits per heavy atom. The number of carbonyl (C=O) groups is 2. The Balaban J connectivity index is 1.47. The van der Waals surface area contributed by atoms with Crippen molar-refractivity contribution in [3.8, 4) is 28.7 Å². The van der Waals surface area contributed by atoms with Crippen molar-refractivity contribution in [3.63, 3.8) is 0 Å². The second-order valence-corrected chi connectivity index (χ2v) is 9.68. The van der Waals surface area contributed by atoms with E-state index in [9.17, 15) is 14.7 Å². The Morgan fingerprint density at radius 1 is 1.18 bits per heavy atom. The quantitative estimate of drug-likeness (QED) is 0.572. The van der Waals surface area contributed by atoms with Crippen LogP contribution in [0.15, 0.2) is 24.3 Å². The van der Waals surface area contributed by atoms with E-state index < -0.39 is 10.9 Å². The van der Waals surface area contributed by atoms with Gasteiger partial charge < -0.3 is 24.1 Å². The van der Waals surface area contributed by atoms with Gasteiger partial charge in [0.1, 0.15) is 18.0 Å². The average Bonchev–Trinajstić information content (AvgIpc) is 3.16. The van der Waals surface area contributed by atoms with Crippen molar-refractivity contribution < 1.29 is 33.6 Å². The summed E-state index contributed by atoms with van der Waals surface area (Å²) in [5.74, 6) is 1.75. The molecule has 182 valence electrons. The number of methoxy groups -OCH3 is 2. The van der Waals surface area contributed by atoms with E-state index in [0.29, 0.717) is 36.7 Å². The molecule has 2 aromatic rings. The highest BCUT2D eigenvalue weighted by Gasteiger charge is 2.40. The highest BCUT2D eigenvalue weighted by Crippen LogP contribution is 2.52. The van der Waals surface area contributed by atoms with Gasteiger partial charge in [-0.3, -0.25) is 14.9 Å². The number of nitrogens with one attached hydrogen (secondary N) is 1. The van der Waals surface area contributed by atoms with Crippen molar-refractivity contribution in [2.75, 3.05) is 20.8 Å². The smallest absolute Gasteiger partial charge is 0.286 e. The number of aromatic hydroxyl groups is 1. The first-order valence-corrected chi connectivity index (χ1v) is 12.1. The van der Waals surface area contributed by atoms with Gasteiger partial charge in [0.25, 0.3) is 5.24 Å². The van der Waals surface area contributed by atoms with Gasteiger partial charge >= 0.3 is 0 Å². The van der Waals surface area contributed by atoms with E-state index in [1.54, 1.807) is 0 Å². The summed E-state index contributed by atoms with van der Waals surface area (Å²) in [4.78, 5) is 23.2. The molecule has 0 bridgehead atoms. The lowest BCUT2D eigenvalue weighted by atomic mass is 9.87. The van der Waals surface area contributed by atoms with Gasteiger partial charge in [-0.05, 0) is 50.3 Å². The molecule has 2 heterocycles. The highest BCUT2D eigenvalue weighted by atomic mass is 32.2. The third kappa shape index (κ3) is 4.49. The number of rotatable bonds is 8. The van der Waals surface area contributed by atoms with Crippen molar-refractivity contribution in [2.24, 2.45) is 0 Å². The van der Waals surface area contributed by atoms with Gasteiger partial charge in [-0.2, -0.15) is 0 Å². The molecule has 2 aliphatic rings. The van der Waals surface area contributed by atoms with E-state index >= 15 is 0 Å². The maximum absolute atomic E-state index is 11.8. The van der Waals surface area contributed by atoms with Crippen LogP contribution in [-0.4, -0.2) is 47.9 Å². The monoisotopic (exact) mass is 487 g/mol. The largest absolute Gasteiger partial charge is 0.504 e. The fourth-order valence-corrected chi connectivity index (χ4v) is 5.23. The number of amides is 2. The summed E-state index contributed by atoms with van der Waals surface area (Å²) in [6.07, 6.45) is 2.64. The molecule has 2 N–H and O–H groups in total. The second kappa shape index (κ2) is 9.66. The molecule has 0 saturated carbocycles. The third-order valence-corrected chi connectivity index (χ3v) is 7.51. The molecule has 0 aliphatic carbocycles. The topological polar surface area (TPSA) is 103 Å². The first kappa shape index (κ1) is 24.1. The van der Waals surface area contributed by atoms with Crippen LogP contribution < -0.4 is 24.3 Å². The first-order chi connectivity index (χ1) is 16.3. The number of phenolic OH excluding ortho intramolecular Hbond substituents is 1. The number of carbonyl (C=O) groups excluding carboxylic acids is 2. The number of fused-ring (bicyclic) bond motifs is 1. The SMILES string of the molecule is CCC1(COc2ccc(CC3SC(=O)NC3=O)cc2)CCc2c(C)c(O)c(OC)c(OC)c2O1. The lowest BCUT2D eigenvalue weighted by Gasteiger charge is -2.39. The van der Waals surface area contributed by atoms with E-state index in [1.165, 1.54) is 14.2 Å². The number of thioether (sulfide) groups is 1. The summed E-state index contributed by atoms with van der Waals surface area (Å²) in [7, 11) is 3.02. The minimum atomic E-state index is -0.563. The molecule has 2 unspecified atom stereocenters. The highest BCUT2D eigenvalue weighted by molar-refractivity contribution is 8.15. The van der Waals surface area contributed by atoms with Crippen molar-refractivity contribution >= 4 is 22.9 Å². The van der Waals surface area contributed by atoms with Crippen LogP contribution in [0.1, 0.15) is 36.5 Å². The molecule has 8 nitrogen and oxygen atoms in total. The summed E-state index contributed by atoms with van der Waals surface area (Å²) in [5.41, 5.74) is 2.03. The maximum Gasteiger partial charge on any atom is 0.286 e. The molecule has 2 aliphatic heterocycles. The second-order valence-electron chi connectivity index (χ2n) is 8.51. The normalized spacial score (nSPS) is 21.5. The lowest BCUT2D eigenvalue weighted by molar-refractivity contribution is -0.118. The minimum absolute atomic E-state index is 0.0693. The van der Waals surface area contributed by atoms with Crippen molar-refractivity contribution in [1.29, 1.82) is 0 Å². The molecular weight excluding hydrogens is 458 g/mol. The molecule has 2 aromatic carbocycles. The molecule has 1 fully saturated rings. The summed E-state index contributed by atoms with van der Waals surface area (Å²) in [6, 6.07) is 7.53. The van der Waals surface area contributed by atoms with Crippen molar-refractivity contribution in [2.45, 2.75) is 50.4 Å². The van der Waals surface area contributed by atoms with Gasteiger partial charge in [0.2, 0.25) is 17.4 Å². The minimum Gasteiger partial charge on any atom is -0.504 e. The summed E-state index contributed by atoms with van der Waals surface area (Å²) in [6.45, 7) is 4.24. The Bertz CT molecular complexity index is 1100. The molecule has 2 atom stereocenters. The van der Waals surface area contributed by atoms with E-state index in [0.717, 1.165) is 41.3 Å². The number of phenols is 1. The number of hydrogen-bond acceptors (Lipinski definition) is 8. The fourth-order valence-electron chi connectivity index (χ4n) is 4.37. The molecule has 0 aromatic heterocycles. The zero-order chi connectivity index (χ0) is 24.5. The van der Waals surface area contributed by atoms with Crippen LogP contribution in [-0.2, 0) is 17.6 Å². The van der Waals surface area contributed by atoms with Crippen LogP contribution in [0, 0.1) is 6.92 Å². The van der Waals surface area contributed by atoms with Crippen LogP contribution in [0.5, 0.6) is 28.7 Å². The molecule has 0 radical (unpaired) electrons. The lowest BCUT2D eigenvalue weighted by Crippen LogP contribution is -2.44. The van der Waals surface area contributed by atoms with Gasteiger partial charge in [-0.15, -0.1) is 0 Å². The standard InChI is InChI=1S/C25H29NO7S/c1-5-25(11-10-17-14(2)19(27)21(30-3)22(31-4)20(17)33-25)13-32-16-8-6-15(7-9-16)12-18-23(28)26-24(29)34-18/h6-9,18,27H,5,10-13H2,1-4H3,(H,26,28,29). The molecule has 34 heavy (non-hydrogen) atoms. The van der Waals surface area contributed by atoms with Crippen LogP contribution in [0.3, 0.4) is 0 Å². The number of ether oxygens (including phenoxy) is 4. The van der Waals surface area contributed by atoms with Gasteiger partial charge in [-0.1, -0.05) is 30.8 Å². The van der Waals surface area contributed by atoms with Crippen LogP contribution >= 0.6 is 11.8 Å². The maximum atomic E-state index is 11.8. The van der Waals surface area contributed by atoms with E-state index in [1.807, 2.05) is 31.2 Å². The third-order valence-electron chi connectivity index (χ3n) is 6.52. The molecule has 4 rings (SSSR count). The molecule has 2 amide bonds. The summed E-state index contributed by atoms with van der Waals surface area (Å²) < 4.78 is 23.6.